The highest BCUT2D eigenvalue weighted by atomic mass is 15.3. The Morgan fingerprint density at radius 3 is 2.81 bits per heavy atom. The van der Waals surface area contributed by atoms with Gasteiger partial charge in [0.2, 0.25) is 0 Å². The molecule has 21 heavy (non-hydrogen) atoms. The third kappa shape index (κ3) is 2.77. The lowest BCUT2D eigenvalue weighted by Gasteiger charge is -2.30. The van der Waals surface area contributed by atoms with Crippen molar-refractivity contribution in [2.75, 3.05) is 44.7 Å². The van der Waals surface area contributed by atoms with Gasteiger partial charge in [0, 0.05) is 57.3 Å². The van der Waals surface area contributed by atoms with E-state index in [2.05, 4.69) is 31.7 Å². The first-order chi connectivity index (χ1) is 10.3. The molecule has 5 nitrogen and oxygen atoms in total. The first-order valence-corrected chi connectivity index (χ1v) is 8.31. The molecule has 5 heteroatoms. The summed E-state index contributed by atoms with van der Waals surface area (Å²) in [5.41, 5.74) is 2.63. The number of hydrogen-bond donors (Lipinski definition) is 0. The molecular formula is C16H25N5. The van der Waals surface area contributed by atoms with Crippen LogP contribution in [0.1, 0.15) is 30.5 Å². The number of fused-ring (bicyclic) bond motifs is 1. The minimum atomic E-state index is 0.885. The largest absolute Gasteiger partial charge is 0.355 e. The van der Waals surface area contributed by atoms with E-state index in [4.69, 9.17) is 0 Å². The first-order valence-electron chi connectivity index (χ1n) is 8.31. The highest BCUT2D eigenvalue weighted by molar-refractivity contribution is 5.49. The quantitative estimate of drug-likeness (QED) is 0.815. The highest BCUT2D eigenvalue weighted by Crippen LogP contribution is 2.29. The van der Waals surface area contributed by atoms with Crippen LogP contribution in [0.2, 0.25) is 0 Å². The molecule has 0 atom stereocenters. The Balaban J connectivity index is 1.55. The number of aromatic nitrogens is 2. The van der Waals surface area contributed by atoms with Crippen molar-refractivity contribution in [3.8, 4) is 0 Å². The van der Waals surface area contributed by atoms with E-state index in [0.717, 1.165) is 38.6 Å². The Labute approximate surface area is 127 Å². The molecule has 0 aromatic carbocycles. The molecule has 4 rings (SSSR count). The van der Waals surface area contributed by atoms with Crippen molar-refractivity contribution in [2.24, 2.45) is 0 Å². The molecule has 0 spiro atoms. The summed E-state index contributed by atoms with van der Waals surface area (Å²) in [6.07, 6.45) is 6.90. The standard InChI is InChI=1S/C16H25N5/c1-19-8-5-15-14(11-19)16(18-12-17-15)21-7-2-6-20(9-10-21)13-3-4-13/h12-13H,2-11H2,1H3. The number of anilines is 1. The number of likely N-dealkylation sites (N-methyl/N-ethyl adjacent to an activating group) is 1. The highest BCUT2D eigenvalue weighted by Gasteiger charge is 2.31. The zero-order valence-corrected chi connectivity index (χ0v) is 13.0. The third-order valence-electron chi connectivity index (χ3n) is 5.06. The van der Waals surface area contributed by atoms with Crippen molar-refractivity contribution in [2.45, 2.75) is 38.3 Å². The van der Waals surface area contributed by atoms with Crippen LogP contribution in [0.25, 0.3) is 0 Å². The first kappa shape index (κ1) is 13.5. The Morgan fingerprint density at radius 1 is 1.05 bits per heavy atom. The second-order valence-electron chi connectivity index (χ2n) is 6.72. The summed E-state index contributed by atoms with van der Waals surface area (Å²) in [5, 5.41) is 0. The minimum absolute atomic E-state index is 0.885. The van der Waals surface area contributed by atoms with Gasteiger partial charge in [0.25, 0.3) is 0 Å². The maximum Gasteiger partial charge on any atom is 0.136 e. The lowest BCUT2D eigenvalue weighted by Crippen LogP contribution is -2.35. The van der Waals surface area contributed by atoms with Crippen LogP contribution in [0.3, 0.4) is 0 Å². The zero-order valence-electron chi connectivity index (χ0n) is 13.0. The van der Waals surface area contributed by atoms with E-state index >= 15 is 0 Å². The maximum absolute atomic E-state index is 4.65. The van der Waals surface area contributed by atoms with E-state index in [1.165, 1.54) is 49.4 Å². The van der Waals surface area contributed by atoms with Crippen LogP contribution in [0, 0.1) is 0 Å². The molecule has 1 aliphatic carbocycles. The van der Waals surface area contributed by atoms with Crippen molar-refractivity contribution in [1.29, 1.82) is 0 Å². The predicted octanol–water partition coefficient (Wildman–Crippen LogP) is 1.14. The molecule has 1 saturated heterocycles. The van der Waals surface area contributed by atoms with Crippen molar-refractivity contribution in [3.05, 3.63) is 17.6 Å². The molecule has 0 bridgehead atoms. The fourth-order valence-electron chi connectivity index (χ4n) is 3.69. The van der Waals surface area contributed by atoms with Gasteiger partial charge in [-0.15, -0.1) is 0 Å². The van der Waals surface area contributed by atoms with Gasteiger partial charge in [-0.25, -0.2) is 9.97 Å². The van der Waals surface area contributed by atoms with Crippen molar-refractivity contribution in [1.82, 2.24) is 19.8 Å². The predicted molar refractivity (Wildman–Crippen MR) is 83.5 cm³/mol. The lowest BCUT2D eigenvalue weighted by molar-refractivity contribution is 0.283. The maximum atomic E-state index is 4.65. The molecule has 1 saturated carbocycles. The average molecular weight is 287 g/mol. The van der Waals surface area contributed by atoms with Crippen molar-refractivity contribution < 1.29 is 0 Å². The Morgan fingerprint density at radius 2 is 1.95 bits per heavy atom. The molecule has 2 aliphatic heterocycles. The van der Waals surface area contributed by atoms with E-state index < -0.39 is 0 Å². The summed E-state index contributed by atoms with van der Waals surface area (Å²) in [4.78, 5) is 16.7. The van der Waals surface area contributed by atoms with Crippen LogP contribution in [0.4, 0.5) is 5.82 Å². The minimum Gasteiger partial charge on any atom is -0.355 e. The Kier molecular flexibility index (Phi) is 3.55. The van der Waals surface area contributed by atoms with Gasteiger partial charge in [0.1, 0.15) is 12.1 Å². The van der Waals surface area contributed by atoms with Gasteiger partial charge < -0.3 is 9.80 Å². The van der Waals surface area contributed by atoms with Gasteiger partial charge in [0.15, 0.2) is 0 Å². The molecule has 2 fully saturated rings. The molecule has 114 valence electrons. The summed E-state index contributed by atoms with van der Waals surface area (Å²) >= 11 is 0. The molecule has 0 amide bonds. The summed E-state index contributed by atoms with van der Waals surface area (Å²) in [6, 6.07) is 0.885. The van der Waals surface area contributed by atoms with Crippen LogP contribution in [0.15, 0.2) is 6.33 Å². The van der Waals surface area contributed by atoms with Crippen LogP contribution >= 0.6 is 0 Å². The summed E-state index contributed by atoms with van der Waals surface area (Å²) in [6.45, 7) is 6.81. The Hall–Kier alpha value is -1.20. The number of nitrogens with zero attached hydrogens (tertiary/aromatic N) is 5. The normalized spacial score (nSPS) is 24.7. The SMILES string of the molecule is CN1CCc2ncnc(N3CCCN(C4CC4)CC3)c2C1. The smallest absolute Gasteiger partial charge is 0.136 e. The molecule has 0 radical (unpaired) electrons. The van der Waals surface area contributed by atoms with Gasteiger partial charge in [-0.3, -0.25) is 4.90 Å². The van der Waals surface area contributed by atoms with E-state index in [9.17, 15) is 0 Å². The number of hydrogen-bond acceptors (Lipinski definition) is 5. The molecule has 1 aromatic heterocycles. The summed E-state index contributed by atoms with van der Waals surface area (Å²) in [7, 11) is 2.19. The van der Waals surface area contributed by atoms with E-state index in [1.807, 2.05) is 0 Å². The van der Waals surface area contributed by atoms with Gasteiger partial charge in [0.05, 0.1) is 5.69 Å². The molecule has 0 unspecified atom stereocenters. The summed E-state index contributed by atoms with van der Waals surface area (Å²) < 4.78 is 0. The van der Waals surface area contributed by atoms with Gasteiger partial charge in [-0.1, -0.05) is 0 Å². The monoisotopic (exact) mass is 287 g/mol. The van der Waals surface area contributed by atoms with E-state index in [0.29, 0.717) is 0 Å². The average Bonchev–Trinajstić information content (AvgIpc) is 3.32. The number of rotatable bonds is 2. The fraction of sp³-hybridized carbons (Fsp3) is 0.750. The third-order valence-corrected chi connectivity index (χ3v) is 5.06. The van der Waals surface area contributed by atoms with Crippen LogP contribution in [0.5, 0.6) is 0 Å². The van der Waals surface area contributed by atoms with Crippen molar-refractivity contribution in [3.63, 3.8) is 0 Å². The molecule has 1 aromatic rings. The lowest BCUT2D eigenvalue weighted by atomic mass is 10.1. The molecule has 3 aliphatic rings. The topological polar surface area (TPSA) is 35.5 Å². The van der Waals surface area contributed by atoms with Crippen molar-refractivity contribution >= 4 is 5.82 Å². The van der Waals surface area contributed by atoms with Crippen LogP contribution in [-0.2, 0) is 13.0 Å². The second-order valence-corrected chi connectivity index (χ2v) is 6.72. The molecule has 0 N–H and O–H groups in total. The summed E-state index contributed by atoms with van der Waals surface area (Å²) in [5.74, 6) is 1.20. The van der Waals surface area contributed by atoms with Crippen LogP contribution in [-0.4, -0.2) is 65.6 Å². The second kappa shape index (κ2) is 5.54. The Bertz CT molecular complexity index is 513. The fourth-order valence-corrected chi connectivity index (χ4v) is 3.69. The van der Waals surface area contributed by atoms with E-state index in [1.54, 1.807) is 6.33 Å². The van der Waals surface area contributed by atoms with Gasteiger partial charge >= 0.3 is 0 Å². The molecule has 3 heterocycles. The van der Waals surface area contributed by atoms with E-state index in [-0.39, 0.29) is 0 Å². The van der Waals surface area contributed by atoms with Crippen LogP contribution < -0.4 is 4.90 Å². The molecular weight excluding hydrogens is 262 g/mol. The van der Waals surface area contributed by atoms with Gasteiger partial charge in [-0.2, -0.15) is 0 Å². The van der Waals surface area contributed by atoms with Gasteiger partial charge in [-0.05, 0) is 26.3 Å². The zero-order chi connectivity index (χ0) is 14.2.